The maximum absolute atomic E-state index is 11.6. The summed E-state index contributed by atoms with van der Waals surface area (Å²) >= 11 is 6.37. The normalized spacial score (nSPS) is 16.1. The standard InChI is InChI=1S/C16H23ClN2O2/c1-3-21-16(20)14(18)9-12-8-11(2)15(10-13(12)17)19-6-4-5-7-19/h8,10,14H,3-7,9,18H2,1-2H3. The quantitative estimate of drug-likeness (QED) is 0.850. The summed E-state index contributed by atoms with van der Waals surface area (Å²) in [5.41, 5.74) is 9.13. The molecule has 0 aromatic heterocycles. The highest BCUT2D eigenvalue weighted by molar-refractivity contribution is 6.31. The molecule has 1 aromatic rings. The van der Waals surface area contributed by atoms with Crippen LogP contribution in [-0.2, 0) is 16.0 Å². The summed E-state index contributed by atoms with van der Waals surface area (Å²) in [6.45, 7) is 6.35. The van der Waals surface area contributed by atoms with Gasteiger partial charge in [0.05, 0.1) is 6.61 Å². The fraction of sp³-hybridized carbons (Fsp3) is 0.562. The van der Waals surface area contributed by atoms with Crippen LogP contribution in [0.25, 0.3) is 0 Å². The van der Waals surface area contributed by atoms with Gasteiger partial charge in [0, 0.05) is 23.8 Å². The van der Waals surface area contributed by atoms with Crippen LogP contribution in [-0.4, -0.2) is 31.7 Å². The average Bonchev–Trinajstić information content (AvgIpc) is 2.96. The highest BCUT2D eigenvalue weighted by Gasteiger charge is 2.20. The van der Waals surface area contributed by atoms with Crippen molar-refractivity contribution in [1.29, 1.82) is 0 Å². The van der Waals surface area contributed by atoms with E-state index in [1.165, 1.54) is 24.1 Å². The van der Waals surface area contributed by atoms with Gasteiger partial charge in [-0.3, -0.25) is 4.79 Å². The number of rotatable bonds is 5. The Morgan fingerprint density at radius 3 is 2.71 bits per heavy atom. The third-order valence-corrected chi connectivity index (χ3v) is 4.19. The number of carbonyl (C=O) groups excluding carboxylic acids is 1. The minimum absolute atomic E-state index is 0.340. The minimum atomic E-state index is -0.667. The van der Waals surface area contributed by atoms with Gasteiger partial charge in [-0.2, -0.15) is 0 Å². The Hall–Kier alpha value is -1.26. The first-order valence-corrected chi connectivity index (χ1v) is 7.87. The van der Waals surface area contributed by atoms with Gasteiger partial charge in [-0.15, -0.1) is 0 Å². The van der Waals surface area contributed by atoms with Gasteiger partial charge in [-0.25, -0.2) is 0 Å². The molecule has 1 aliphatic rings. The molecule has 2 N–H and O–H groups in total. The minimum Gasteiger partial charge on any atom is -0.465 e. The predicted octanol–water partition coefficient (Wildman–Crippen LogP) is 2.68. The number of hydrogen-bond donors (Lipinski definition) is 1. The van der Waals surface area contributed by atoms with E-state index in [1.807, 2.05) is 12.1 Å². The molecule has 1 saturated heterocycles. The largest absolute Gasteiger partial charge is 0.465 e. The Bertz CT molecular complexity index is 513. The number of aryl methyl sites for hydroxylation is 1. The summed E-state index contributed by atoms with van der Waals surface area (Å²) in [4.78, 5) is 14.0. The molecule has 1 aromatic carbocycles. The fourth-order valence-corrected chi connectivity index (χ4v) is 2.99. The fourth-order valence-electron chi connectivity index (χ4n) is 2.76. The smallest absolute Gasteiger partial charge is 0.323 e. The molecule has 1 aliphatic heterocycles. The van der Waals surface area contributed by atoms with Crippen molar-refractivity contribution in [1.82, 2.24) is 0 Å². The van der Waals surface area contributed by atoms with E-state index in [0.29, 0.717) is 18.1 Å². The molecular formula is C16H23ClN2O2. The van der Waals surface area contributed by atoms with Gasteiger partial charge in [0.25, 0.3) is 0 Å². The number of halogens is 1. The highest BCUT2D eigenvalue weighted by Crippen LogP contribution is 2.30. The number of carbonyl (C=O) groups is 1. The molecule has 5 heteroatoms. The molecule has 21 heavy (non-hydrogen) atoms. The van der Waals surface area contributed by atoms with Crippen LogP contribution in [0.15, 0.2) is 12.1 Å². The summed E-state index contributed by atoms with van der Waals surface area (Å²) in [6.07, 6.45) is 2.86. The summed E-state index contributed by atoms with van der Waals surface area (Å²) in [5.74, 6) is -0.380. The Morgan fingerprint density at radius 2 is 2.10 bits per heavy atom. The summed E-state index contributed by atoms with van der Waals surface area (Å²) < 4.78 is 4.94. The van der Waals surface area contributed by atoms with E-state index in [1.54, 1.807) is 6.92 Å². The third-order valence-electron chi connectivity index (χ3n) is 3.84. The van der Waals surface area contributed by atoms with E-state index in [4.69, 9.17) is 22.1 Å². The lowest BCUT2D eigenvalue weighted by Gasteiger charge is -2.22. The Morgan fingerprint density at radius 1 is 1.43 bits per heavy atom. The number of esters is 1. The monoisotopic (exact) mass is 310 g/mol. The van der Waals surface area contributed by atoms with Crippen LogP contribution < -0.4 is 10.6 Å². The lowest BCUT2D eigenvalue weighted by atomic mass is 10.0. The van der Waals surface area contributed by atoms with Crippen LogP contribution in [0.4, 0.5) is 5.69 Å². The first-order chi connectivity index (χ1) is 10.0. The zero-order valence-corrected chi connectivity index (χ0v) is 13.4. The van der Waals surface area contributed by atoms with Crippen molar-refractivity contribution in [2.75, 3.05) is 24.6 Å². The van der Waals surface area contributed by atoms with Crippen molar-refractivity contribution in [3.8, 4) is 0 Å². The maximum Gasteiger partial charge on any atom is 0.323 e. The van der Waals surface area contributed by atoms with E-state index in [-0.39, 0.29) is 5.97 Å². The van der Waals surface area contributed by atoms with Gasteiger partial charge in [0.2, 0.25) is 0 Å². The lowest BCUT2D eigenvalue weighted by Crippen LogP contribution is -2.34. The van der Waals surface area contributed by atoms with Crippen molar-refractivity contribution in [2.45, 2.75) is 39.2 Å². The molecular weight excluding hydrogens is 288 g/mol. The van der Waals surface area contributed by atoms with Gasteiger partial charge < -0.3 is 15.4 Å². The zero-order valence-electron chi connectivity index (χ0n) is 12.7. The van der Waals surface area contributed by atoms with E-state index in [2.05, 4.69) is 11.8 Å². The molecule has 116 valence electrons. The van der Waals surface area contributed by atoms with Gasteiger partial charge >= 0.3 is 5.97 Å². The zero-order chi connectivity index (χ0) is 15.4. The van der Waals surface area contributed by atoms with Gasteiger partial charge in [-0.1, -0.05) is 17.7 Å². The lowest BCUT2D eigenvalue weighted by molar-refractivity contribution is -0.144. The average molecular weight is 311 g/mol. The molecule has 0 radical (unpaired) electrons. The van der Waals surface area contributed by atoms with E-state index in [0.717, 1.165) is 18.7 Å². The van der Waals surface area contributed by atoms with Gasteiger partial charge in [-0.05, 0) is 50.3 Å². The Labute approximate surface area is 131 Å². The van der Waals surface area contributed by atoms with Gasteiger partial charge in [0.1, 0.15) is 6.04 Å². The predicted molar refractivity (Wildman–Crippen MR) is 85.9 cm³/mol. The molecule has 2 rings (SSSR count). The summed E-state index contributed by atoms with van der Waals surface area (Å²) in [5, 5.41) is 0.669. The van der Waals surface area contributed by atoms with Crippen LogP contribution in [0.2, 0.25) is 5.02 Å². The SMILES string of the molecule is CCOC(=O)C(N)Cc1cc(C)c(N2CCCC2)cc1Cl. The second kappa shape index (κ2) is 7.14. The van der Waals surface area contributed by atoms with Crippen molar-refractivity contribution in [2.24, 2.45) is 5.73 Å². The number of ether oxygens (including phenoxy) is 1. The number of benzene rings is 1. The maximum atomic E-state index is 11.6. The second-order valence-corrected chi connectivity index (χ2v) is 5.89. The van der Waals surface area contributed by atoms with Crippen LogP contribution in [0.5, 0.6) is 0 Å². The van der Waals surface area contributed by atoms with E-state index in [9.17, 15) is 4.79 Å². The highest BCUT2D eigenvalue weighted by atomic mass is 35.5. The molecule has 0 amide bonds. The topological polar surface area (TPSA) is 55.6 Å². The van der Waals surface area contributed by atoms with E-state index < -0.39 is 6.04 Å². The Kier molecular flexibility index (Phi) is 5.48. The molecule has 0 saturated carbocycles. The number of nitrogens with two attached hydrogens (primary N) is 1. The number of nitrogens with zero attached hydrogens (tertiary/aromatic N) is 1. The second-order valence-electron chi connectivity index (χ2n) is 5.49. The van der Waals surface area contributed by atoms with Crippen molar-refractivity contribution < 1.29 is 9.53 Å². The third kappa shape index (κ3) is 3.89. The Balaban J connectivity index is 2.14. The first-order valence-electron chi connectivity index (χ1n) is 7.49. The van der Waals surface area contributed by atoms with E-state index >= 15 is 0 Å². The van der Waals surface area contributed by atoms with Crippen LogP contribution >= 0.6 is 11.6 Å². The molecule has 4 nitrogen and oxygen atoms in total. The van der Waals surface area contributed by atoms with Crippen LogP contribution in [0, 0.1) is 6.92 Å². The molecule has 0 aliphatic carbocycles. The molecule has 0 bridgehead atoms. The van der Waals surface area contributed by atoms with Crippen molar-refractivity contribution in [3.05, 3.63) is 28.3 Å². The molecule has 1 heterocycles. The number of anilines is 1. The number of hydrogen-bond acceptors (Lipinski definition) is 4. The van der Waals surface area contributed by atoms with Crippen molar-refractivity contribution in [3.63, 3.8) is 0 Å². The molecule has 1 unspecified atom stereocenters. The van der Waals surface area contributed by atoms with Crippen LogP contribution in [0.3, 0.4) is 0 Å². The molecule has 0 spiro atoms. The summed E-state index contributed by atoms with van der Waals surface area (Å²) in [6, 6.07) is 3.37. The van der Waals surface area contributed by atoms with Gasteiger partial charge in [0.15, 0.2) is 0 Å². The summed E-state index contributed by atoms with van der Waals surface area (Å²) in [7, 11) is 0. The molecule has 1 atom stereocenters. The van der Waals surface area contributed by atoms with Crippen molar-refractivity contribution >= 4 is 23.3 Å². The van der Waals surface area contributed by atoms with Crippen LogP contribution in [0.1, 0.15) is 30.9 Å². The molecule has 1 fully saturated rings. The first kappa shape index (κ1) is 16.1.